The van der Waals surface area contributed by atoms with E-state index in [0.717, 1.165) is 13.1 Å². The molecule has 2 rings (SSSR count). The molecular formula is C16H24N2. The topological polar surface area (TPSA) is 15.3 Å². The number of hydrogen-bond acceptors (Lipinski definition) is 2. The summed E-state index contributed by atoms with van der Waals surface area (Å²) >= 11 is 0. The predicted octanol–water partition coefficient (Wildman–Crippen LogP) is 3.38. The van der Waals surface area contributed by atoms with Gasteiger partial charge in [-0.25, -0.2) is 0 Å². The van der Waals surface area contributed by atoms with E-state index in [4.69, 9.17) is 0 Å². The van der Waals surface area contributed by atoms with Crippen molar-refractivity contribution < 1.29 is 0 Å². The van der Waals surface area contributed by atoms with Gasteiger partial charge in [-0.1, -0.05) is 31.2 Å². The van der Waals surface area contributed by atoms with Gasteiger partial charge in [0.1, 0.15) is 0 Å². The molecule has 0 bridgehead atoms. The molecule has 2 nitrogen and oxygen atoms in total. The van der Waals surface area contributed by atoms with Crippen LogP contribution in [-0.2, 0) is 0 Å². The highest BCUT2D eigenvalue weighted by molar-refractivity contribution is 5.43. The van der Waals surface area contributed by atoms with Crippen LogP contribution < -0.4 is 5.32 Å². The SMILES string of the molecule is C=CCN1C[C@H](C)[C@H](Nc2ccccc2)C[C@@H]1C. The van der Waals surface area contributed by atoms with Gasteiger partial charge in [-0.15, -0.1) is 6.58 Å². The highest BCUT2D eigenvalue weighted by Gasteiger charge is 2.29. The summed E-state index contributed by atoms with van der Waals surface area (Å²) in [6.07, 6.45) is 3.21. The lowest BCUT2D eigenvalue weighted by molar-refractivity contribution is 0.129. The number of benzene rings is 1. The second-order valence-electron chi connectivity index (χ2n) is 5.42. The molecule has 1 aliphatic heterocycles. The van der Waals surface area contributed by atoms with Crippen LogP contribution in [0.4, 0.5) is 5.69 Å². The van der Waals surface area contributed by atoms with Crippen LogP contribution in [0, 0.1) is 5.92 Å². The molecule has 0 amide bonds. The van der Waals surface area contributed by atoms with Crippen LogP contribution in [0.3, 0.4) is 0 Å². The molecule has 1 heterocycles. The van der Waals surface area contributed by atoms with Crippen LogP contribution in [-0.4, -0.2) is 30.1 Å². The van der Waals surface area contributed by atoms with Crippen molar-refractivity contribution in [3.05, 3.63) is 43.0 Å². The van der Waals surface area contributed by atoms with Crippen molar-refractivity contribution >= 4 is 5.69 Å². The number of likely N-dealkylation sites (tertiary alicyclic amines) is 1. The van der Waals surface area contributed by atoms with Crippen molar-refractivity contribution in [2.45, 2.75) is 32.4 Å². The Morgan fingerprint density at radius 2 is 2.06 bits per heavy atom. The summed E-state index contributed by atoms with van der Waals surface area (Å²) in [6, 6.07) is 11.7. The Labute approximate surface area is 111 Å². The number of para-hydroxylation sites is 1. The third-order valence-corrected chi connectivity index (χ3v) is 3.92. The average molecular weight is 244 g/mol. The van der Waals surface area contributed by atoms with Gasteiger partial charge in [-0.2, -0.15) is 0 Å². The molecule has 2 heteroatoms. The summed E-state index contributed by atoms with van der Waals surface area (Å²) in [4.78, 5) is 2.51. The van der Waals surface area contributed by atoms with Crippen molar-refractivity contribution in [3.8, 4) is 0 Å². The van der Waals surface area contributed by atoms with E-state index in [1.807, 2.05) is 6.08 Å². The van der Waals surface area contributed by atoms with Crippen LogP contribution >= 0.6 is 0 Å². The van der Waals surface area contributed by atoms with Gasteiger partial charge in [0.25, 0.3) is 0 Å². The normalized spacial score (nSPS) is 28.9. The van der Waals surface area contributed by atoms with Gasteiger partial charge in [-0.05, 0) is 31.4 Å². The average Bonchev–Trinajstić information content (AvgIpc) is 2.37. The van der Waals surface area contributed by atoms with Crippen molar-refractivity contribution in [2.75, 3.05) is 18.4 Å². The van der Waals surface area contributed by atoms with Gasteiger partial charge in [0.2, 0.25) is 0 Å². The standard InChI is InChI=1S/C16H24N2/c1-4-10-18-12-13(2)16(11-14(18)3)17-15-8-6-5-7-9-15/h4-9,13-14,16-17H,1,10-12H2,2-3H3/t13-,14-,16+/m0/s1. The molecule has 1 fully saturated rings. The maximum absolute atomic E-state index is 3.84. The number of rotatable bonds is 4. The molecule has 0 aliphatic carbocycles. The molecule has 1 saturated heterocycles. The molecule has 18 heavy (non-hydrogen) atoms. The van der Waals surface area contributed by atoms with Crippen molar-refractivity contribution in [3.63, 3.8) is 0 Å². The Morgan fingerprint density at radius 1 is 1.33 bits per heavy atom. The van der Waals surface area contributed by atoms with E-state index in [-0.39, 0.29) is 0 Å². The van der Waals surface area contributed by atoms with E-state index in [2.05, 4.69) is 61.0 Å². The quantitative estimate of drug-likeness (QED) is 0.817. The minimum absolute atomic E-state index is 0.573. The molecule has 98 valence electrons. The molecule has 3 atom stereocenters. The largest absolute Gasteiger partial charge is 0.382 e. The van der Waals surface area contributed by atoms with Crippen LogP contribution in [0.2, 0.25) is 0 Å². The van der Waals surface area contributed by atoms with Crippen LogP contribution in [0.15, 0.2) is 43.0 Å². The summed E-state index contributed by atoms with van der Waals surface area (Å²) in [5.41, 5.74) is 1.23. The van der Waals surface area contributed by atoms with Gasteiger partial charge in [-0.3, -0.25) is 4.90 Å². The van der Waals surface area contributed by atoms with E-state index in [9.17, 15) is 0 Å². The predicted molar refractivity (Wildman–Crippen MR) is 78.9 cm³/mol. The Balaban J connectivity index is 1.97. The highest BCUT2D eigenvalue weighted by Crippen LogP contribution is 2.25. The molecule has 1 N–H and O–H groups in total. The Hall–Kier alpha value is -1.28. The van der Waals surface area contributed by atoms with E-state index in [1.54, 1.807) is 0 Å². The minimum atomic E-state index is 0.573. The summed E-state index contributed by atoms with van der Waals surface area (Å²) in [6.45, 7) is 10.6. The summed E-state index contributed by atoms with van der Waals surface area (Å²) in [7, 11) is 0. The summed E-state index contributed by atoms with van der Waals surface area (Å²) < 4.78 is 0. The molecule has 0 saturated carbocycles. The third kappa shape index (κ3) is 3.14. The van der Waals surface area contributed by atoms with Gasteiger partial charge in [0, 0.05) is 30.9 Å². The first-order valence-corrected chi connectivity index (χ1v) is 6.87. The van der Waals surface area contributed by atoms with Crippen LogP contribution in [0.5, 0.6) is 0 Å². The van der Waals surface area contributed by atoms with Gasteiger partial charge >= 0.3 is 0 Å². The molecule has 1 aliphatic rings. The van der Waals surface area contributed by atoms with Crippen LogP contribution in [0.25, 0.3) is 0 Å². The smallest absolute Gasteiger partial charge is 0.0342 e. The Morgan fingerprint density at radius 3 is 2.72 bits per heavy atom. The third-order valence-electron chi connectivity index (χ3n) is 3.92. The molecule has 0 radical (unpaired) electrons. The zero-order chi connectivity index (χ0) is 13.0. The fourth-order valence-electron chi connectivity index (χ4n) is 2.80. The summed E-state index contributed by atoms with van der Waals surface area (Å²) in [5.74, 6) is 0.668. The Bertz CT molecular complexity index is 374. The van der Waals surface area contributed by atoms with Gasteiger partial charge in [0.15, 0.2) is 0 Å². The molecule has 0 spiro atoms. The number of nitrogens with one attached hydrogen (secondary N) is 1. The van der Waals surface area contributed by atoms with Crippen molar-refractivity contribution in [1.82, 2.24) is 4.90 Å². The molecule has 0 unspecified atom stereocenters. The molecular weight excluding hydrogens is 220 g/mol. The van der Waals surface area contributed by atoms with E-state index in [1.165, 1.54) is 12.1 Å². The van der Waals surface area contributed by atoms with Gasteiger partial charge in [0.05, 0.1) is 0 Å². The monoisotopic (exact) mass is 244 g/mol. The number of hydrogen-bond donors (Lipinski definition) is 1. The maximum atomic E-state index is 3.84. The zero-order valence-electron chi connectivity index (χ0n) is 11.5. The number of anilines is 1. The first-order valence-electron chi connectivity index (χ1n) is 6.87. The van der Waals surface area contributed by atoms with Crippen LogP contribution in [0.1, 0.15) is 20.3 Å². The fraction of sp³-hybridized carbons (Fsp3) is 0.500. The first kappa shape index (κ1) is 13.2. The molecule has 1 aromatic rings. The van der Waals surface area contributed by atoms with Crippen molar-refractivity contribution in [2.24, 2.45) is 5.92 Å². The second-order valence-corrected chi connectivity index (χ2v) is 5.42. The first-order chi connectivity index (χ1) is 8.70. The lowest BCUT2D eigenvalue weighted by Gasteiger charge is -2.42. The summed E-state index contributed by atoms with van der Waals surface area (Å²) in [5, 5.41) is 3.67. The lowest BCUT2D eigenvalue weighted by Crippen LogP contribution is -2.49. The second kappa shape index (κ2) is 6.05. The fourth-order valence-corrected chi connectivity index (χ4v) is 2.80. The van der Waals surface area contributed by atoms with Gasteiger partial charge < -0.3 is 5.32 Å². The van der Waals surface area contributed by atoms with Crippen molar-refractivity contribution in [1.29, 1.82) is 0 Å². The van der Waals surface area contributed by atoms with E-state index < -0.39 is 0 Å². The lowest BCUT2D eigenvalue weighted by atomic mass is 9.89. The van der Waals surface area contributed by atoms with E-state index >= 15 is 0 Å². The molecule has 1 aromatic carbocycles. The zero-order valence-corrected chi connectivity index (χ0v) is 11.5. The maximum Gasteiger partial charge on any atom is 0.0342 e. The number of piperidine rings is 1. The minimum Gasteiger partial charge on any atom is -0.382 e. The molecule has 0 aromatic heterocycles. The number of nitrogens with zero attached hydrogens (tertiary/aromatic N) is 1. The highest BCUT2D eigenvalue weighted by atomic mass is 15.2. The Kier molecular flexibility index (Phi) is 4.43. The van der Waals surface area contributed by atoms with E-state index in [0.29, 0.717) is 18.0 Å².